The van der Waals surface area contributed by atoms with Crippen molar-refractivity contribution in [3.8, 4) is 5.69 Å². The Balaban J connectivity index is 2.68. The fraction of sp³-hybridized carbons (Fsp3) is 0.357. The molecule has 2 aromatic rings. The van der Waals surface area contributed by atoms with Gasteiger partial charge in [-0.3, -0.25) is 4.57 Å². The van der Waals surface area contributed by atoms with Crippen molar-refractivity contribution < 1.29 is 0 Å². The lowest BCUT2D eigenvalue weighted by Crippen LogP contribution is -2.03. The SMILES string of the molecule is Cc1ccc(-n2c(C(C)C)c[nH]c2=S)c(C)c1. The molecule has 0 fully saturated rings. The molecule has 0 aliphatic rings. The standard InChI is InChI=1S/C14H18N2S/c1-9(2)13-8-15-14(17)16(13)12-6-5-10(3)7-11(12)4/h5-9H,1-4H3,(H,15,17). The zero-order valence-corrected chi connectivity index (χ0v) is 11.6. The van der Waals surface area contributed by atoms with Gasteiger partial charge in [0.15, 0.2) is 4.77 Å². The second-order valence-corrected chi connectivity index (χ2v) is 5.19. The Labute approximate surface area is 107 Å². The quantitative estimate of drug-likeness (QED) is 0.785. The lowest BCUT2D eigenvalue weighted by Gasteiger charge is -2.13. The Hall–Kier alpha value is -1.35. The van der Waals surface area contributed by atoms with E-state index in [0.29, 0.717) is 5.92 Å². The first-order valence-electron chi connectivity index (χ1n) is 5.88. The number of aromatic amines is 1. The van der Waals surface area contributed by atoms with Crippen LogP contribution in [0.1, 0.15) is 36.6 Å². The summed E-state index contributed by atoms with van der Waals surface area (Å²) in [4.78, 5) is 3.14. The van der Waals surface area contributed by atoms with Crippen LogP contribution in [0, 0.1) is 18.6 Å². The lowest BCUT2D eigenvalue weighted by molar-refractivity contribution is 0.781. The van der Waals surface area contributed by atoms with E-state index in [-0.39, 0.29) is 0 Å². The summed E-state index contributed by atoms with van der Waals surface area (Å²) >= 11 is 5.37. The third kappa shape index (κ3) is 2.20. The minimum absolute atomic E-state index is 0.448. The first-order valence-corrected chi connectivity index (χ1v) is 6.29. The van der Waals surface area contributed by atoms with E-state index in [1.807, 2.05) is 6.20 Å². The van der Waals surface area contributed by atoms with E-state index in [4.69, 9.17) is 12.2 Å². The van der Waals surface area contributed by atoms with E-state index in [1.165, 1.54) is 22.5 Å². The Morgan fingerprint density at radius 1 is 1.24 bits per heavy atom. The molecule has 90 valence electrons. The van der Waals surface area contributed by atoms with Gasteiger partial charge >= 0.3 is 0 Å². The highest BCUT2D eigenvalue weighted by Gasteiger charge is 2.11. The minimum atomic E-state index is 0.448. The van der Waals surface area contributed by atoms with Crippen LogP contribution in [0.2, 0.25) is 0 Å². The van der Waals surface area contributed by atoms with Gasteiger partial charge in [-0.1, -0.05) is 31.5 Å². The Morgan fingerprint density at radius 3 is 2.53 bits per heavy atom. The predicted molar refractivity (Wildman–Crippen MR) is 74.5 cm³/mol. The Morgan fingerprint density at radius 2 is 1.94 bits per heavy atom. The molecule has 2 nitrogen and oxygen atoms in total. The van der Waals surface area contributed by atoms with Crippen molar-refractivity contribution in [2.24, 2.45) is 0 Å². The second kappa shape index (κ2) is 4.49. The normalized spacial score (nSPS) is 11.1. The topological polar surface area (TPSA) is 20.7 Å². The van der Waals surface area contributed by atoms with Crippen LogP contribution in [-0.4, -0.2) is 9.55 Å². The van der Waals surface area contributed by atoms with Crippen LogP contribution < -0.4 is 0 Å². The third-order valence-corrected chi connectivity index (χ3v) is 3.29. The molecular weight excluding hydrogens is 228 g/mol. The van der Waals surface area contributed by atoms with Crippen LogP contribution in [0.25, 0.3) is 5.69 Å². The molecule has 0 aliphatic carbocycles. The van der Waals surface area contributed by atoms with Crippen LogP contribution in [0.5, 0.6) is 0 Å². The average molecular weight is 246 g/mol. The van der Waals surface area contributed by atoms with E-state index in [0.717, 1.165) is 4.77 Å². The molecule has 1 aromatic heterocycles. The molecule has 0 atom stereocenters. The number of aryl methyl sites for hydroxylation is 2. The summed E-state index contributed by atoms with van der Waals surface area (Å²) in [5.74, 6) is 0.448. The van der Waals surface area contributed by atoms with Gasteiger partial charge in [0.05, 0.1) is 5.69 Å². The number of nitrogens with zero attached hydrogens (tertiary/aromatic N) is 1. The molecule has 0 unspecified atom stereocenters. The van der Waals surface area contributed by atoms with E-state index >= 15 is 0 Å². The van der Waals surface area contributed by atoms with Crippen molar-refractivity contribution in [2.45, 2.75) is 33.6 Å². The number of H-pyrrole nitrogens is 1. The Kier molecular flexibility index (Phi) is 3.20. The summed E-state index contributed by atoms with van der Waals surface area (Å²) in [5, 5.41) is 0. The number of imidazole rings is 1. The van der Waals surface area contributed by atoms with Gasteiger partial charge < -0.3 is 4.98 Å². The van der Waals surface area contributed by atoms with Crippen LogP contribution in [0.3, 0.4) is 0 Å². The molecule has 0 spiro atoms. The molecule has 3 heteroatoms. The summed E-state index contributed by atoms with van der Waals surface area (Å²) in [5.41, 5.74) is 4.93. The maximum absolute atomic E-state index is 5.37. The van der Waals surface area contributed by atoms with E-state index in [2.05, 4.69) is 55.4 Å². The molecule has 0 aliphatic heterocycles. The monoisotopic (exact) mass is 246 g/mol. The van der Waals surface area contributed by atoms with E-state index < -0.39 is 0 Å². The van der Waals surface area contributed by atoms with Crippen molar-refractivity contribution in [3.05, 3.63) is 46.0 Å². The van der Waals surface area contributed by atoms with Crippen LogP contribution in [0.4, 0.5) is 0 Å². The first-order chi connectivity index (χ1) is 8.00. The maximum Gasteiger partial charge on any atom is 0.182 e. The van der Waals surface area contributed by atoms with Crippen LogP contribution >= 0.6 is 12.2 Å². The third-order valence-electron chi connectivity index (χ3n) is 2.99. The number of hydrogen-bond donors (Lipinski definition) is 1. The zero-order valence-electron chi connectivity index (χ0n) is 10.7. The second-order valence-electron chi connectivity index (χ2n) is 4.80. The molecule has 0 bridgehead atoms. The fourth-order valence-electron chi connectivity index (χ4n) is 2.11. The minimum Gasteiger partial charge on any atom is -0.337 e. The number of rotatable bonds is 2. The van der Waals surface area contributed by atoms with E-state index in [9.17, 15) is 0 Å². The molecular formula is C14H18N2S. The number of hydrogen-bond acceptors (Lipinski definition) is 1. The summed E-state index contributed by atoms with van der Waals surface area (Å²) in [6, 6.07) is 6.45. The average Bonchev–Trinajstić information content (AvgIpc) is 2.60. The van der Waals surface area contributed by atoms with Gasteiger partial charge in [0.1, 0.15) is 0 Å². The zero-order chi connectivity index (χ0) is 12.6. The predicted octanol–water partition coefficient (Wildman–Crippen LogP) is 4.28. The summed E-state index contributed by atoms with van der Waals surface area (Å²) in [6.07, 6.45) is 2.01. The maximum atomic E-state index is 5.37. The number of benzene rings is 1. The highest BCUT2D eigenvalue weighted by Crippen LogP contribution is 2.22. The molecule has 1 aromatic carbocycles. The molecule has 0 saturated heterocycles. The molecule has 17 heavy (non-hydrogen) atoms. The molecule has 2 rings (SSSR count). The van der Waals surface area contributed by atoms with Gasteiger partial charge in [-0.15, -0.1) is 0 Å². The van der Waals surface area contributed by atoms with Gasteiger partial charge in [0.25, 0.3) is 0 Å². The highest BCUT2D eigenvalue weighted by atomic mass is 32.1. The molecule has 1 heterocycles. The summed E-state index contributed by atoms with van der Waals surface area (Å²) < 4.78 is 2.90. The largest absolute Gasteiger partial charge is 0.337 e. The lowest BCUT2D eigenvalue weighted by atomic mass is 10.1. The number of nitrogens with one attached hydrogen (secondary N) is 1. The molecule has 0 saturated carbocycles. The van der Waals surface area contributed by atoms with Gasteiger partial charge in [-0.25, -0.2) is 0 Å². The van der Waals surface area contributed by atoms with Crippen LogP contribution in [0.15, 0.2) is 24.4 Å². The Bertz CT molecular complexity index is 591. The van der Waals surface area contributed by atoms with Crippen molar-refractivity contribution in [1.29, 1.82) is 0 Å². The fourth-order valence-corrected chi connectivity index (χ4v) is 2.37. The highest BCUT2D eigenvalue weighted by molar-refractivity contribution is 7.71. The van der Waals surface area contributed by atoms with Gasteiger partial charge in [-0.05, 0) is 43.6 Å². The smallest absolute Gasteiger partial charge is 0.182 e. The molecule has 0 radical (unpaired) electrons. The van der Waals surface area contributed by atoms with Crippen molar-refractivity contribution in [2.75, 3.05) is 0 Å². The van der Waals surface area contributed by atoms with Crippen molar-refractivity contribution >= 4 is 12.2 Å². The first kappa shape index (κ1) is 12.1. The number of aromatic nitrogens is 2. The van der Waals surface area contributed by atoms with E-state index in [1.54, 1.807) is 0 Å². The van der Waals surface area contributed by atoms with Crippen molar-refractivity contribution in [1.82, 2.24) is 9.55 Å². The summed E-state index contributed by atoms with van der Waals surface area (Å²) in [6.45, 7) is 8.59. The van der Waals surface area contributed by atoms with Crippen molar-refractivity contribution in [3.63, 3.8) is 0 Å². The van der Waals surface area contributed by atoms with Gasteiger partial charge in [-0.2, -0.15) is 0 Å². The van der Waals surface area contributed by atoms with Gasteiger partial charge in [0, 0.05) is 11.9 Å². The van der Waals surface area contributed by atoms with Gasteiger partial charge in [0.2, 0.25) is 0 Å². The molecule has 1 N–H and O–H groups in total. The summed E-state index contributed by atoms with van der Waals surface area (Å²) in [7, 11) is 0. The van der Waals surface area contributed by atoms with Crippen LogP contribution in [-0.2, 0) is 0 Å². The molecule has 0 amide bonds.